The first-order chi connectivity index (χ1) is 13.6. The molecule has 3 aromatic rings. The van der Waals surface area contributed by atoms with Crippen LogP contribution < -0.4 is 4.90 Å². The first-order valence-corrected chi connectivity index (χ1v) is 10.4. The van der Waals surface area contributed by atoms with Gasteiger partial charge in [0.2, 0.25) is 0 Å². The van der Waals surface area contributed by atoms with Gasteiger partial charge in [-0.25, -0.2) is 4.39 Å². The van der Waals surface area contributed by atoms with Gasteiger partial charge in [0.15, 0.2) is 0 Å². The number of hydrogen-bond acceptors (Lipinski definition) is 4. The molecular weight excluding hydrogens is 373 g/mol. The molecule has 1 fully saturated rings. The van der Waals surface area contributed by atoms with E-state index in [1.54, 1.807) is 0 Å². The van der Waals surface area contributed by atoms with Gasteiger partial charge in [-0.3, -0.25) is 14.7 Å². The van der Waals surface area contributed by atoms with Crippen LogP contribution in [0.15, 0.2) is 59.4 Å². The van der Waals surface area contributed by atoms with Gasteiger partial charge in [0.1, 0.15) is 5.82 Å². The van der Waals surface area contributed by atoms with Crippen molar-refractivity contribution in [2.75, 3.05) is 24.5 Å². The molecule has 2 aliphatic rings. The molecule has 0 saturated carbocycles. The van der Waals surface area contributed by atoms with E-state index in [0.717, 1.165) is 48.6 Å². The molecule has 1 amide bonds. The predicted molar refractivity (Wildman–Crippen MR) is 108 cm³/mol. The average Bonchev–Trinajstić information content (AvgIpc) is 3.45. The lowest BCUT2D eigenvalue weighted by atomic mass is 9.85. The Bertz CT molecular complexity index is 1000. The van der Waals surface area contributed by atoms with Crippen LogP contribution in [0.5, 0.6) is 0 Å². The average molecular weight is 393 g/mol. The van der Waals surface area contributed by atoms with E-state index in [4.69, 9.17) is 4.98 Å². The van der Waals surface area contributed by atoms with Crippen molar-refractivity contribution in [3.63, 3.8) is 0 Å². The number of anilines is 1. The lowest BCUT2D eigenvalue weighted by Gasteiger charge is -2.25. The maximum absolute atomic E-state index is 13.2. The van der Waals surface area contributed by atoms with Crippen LogP contribution in [0.1, 0.15) is 28.0 Å². The third kappa shape index (κ3) is 2.93. The summed E-state index contributed by atoms with van der Waals surface area (Å²) in [6.07, 6.45) is 2.79. The highest BCUT2D eigenvalue weighted by Crippen LogP contribution is 2.45. The minimum atomic E-state index is -0.210. The minimum Gasteiger partial charge on any atom is -0.305 e. The second-order valence-corrected chi connectivity index (χ2v) is 8.42. The highest BCUT2D eigenvalue weighted by molar-refractivity contribution is 7.08. The number of likely N-dealkylation sites (tertiary alicyclic amines) is 1. The number of benzene rings is 1. The lowest BCUT2D eigenvalue weighted by molar-refractivity contribution is 0.0985. The molecule has 28 heavy (non-hydrogen) atoms. The molecule has 4 heterocycles. The summed E-state index contributed by atoms with van der Waals surface area (Å²) in [5.41, 5.74) is 3.66. The van der Waals surface area contributed by atoms with E-state index in [1.165, 1.54) is 23.5 Å². The van der Waals surface area contributed by atoms with Crippen LogP contribution in [-0.4, -0.2) is 35.4 Å². The summed E-state index contributed by atoms with van der Waals surface area (Å²) in [5, 5.41) is 3.84. The van der Waals surface area contributed by atoms with Crippen molar-refractivity contribution in [1.82, 2.24) is 9.88 Å². The van der Waals surface area contributed by atoms with Crippen LogP contribution in [0.2, 0.25) is 0 Å². The van der Waals surface area contributed by atoms with Crippen LogP contribution in [0.25, 0.3) is 0 Å². The Kier molecular flexibility index (Phi) is 4.25. The molecule has 2 aliphatic heterocycles. The van der Waals surface area contributed by atoms with E-state index < -0.39 is 0 Å². The fourth-order valence-corrected chi connectivity index (χ4v) is 5.10. The van der Waals surface area contributed by atoms with Crippen molar-refractivity contribution in [3.8, 4) is 0 Å². The van der Waals surface area contributed by atoms with Gasteiger partial charge in [-0.05, 0) is 54.2 Å². The monoisotopic (exact) mass is 393 g/mol. The van der Waals surface area contributed by atoms with Gasteiger partial charge < -0.3 is 4.90 Å². The van der Waals surface area contributed by atoms with Crippen molar-refractivity contribution in [3.05, 3.63) is 82.1 Å². The number of rotatable bonds is 3. The summed E-state index contributed by atoms with van der Waals surface area (Å²) < 4.78 is 13.2. The summed E-state index contributed by atoms with van der Waals surface area (Å²) in [6, 6.07) is 12.5. The largest absolute Gasteiger partial charge is 0.305 e. The van der Waals surface area contributed by atoms with Crippen molar-refractivity contribution in [1.29, 1.82) is 0 Å². The van der Waals surface area contributed by atoms with Crippen LogP contribution in [0.4, 0.5) is 10.1 Å². The third-order valence-electron chi connectivity index (χ3n) is 5.81. The molecule has 0 unspecified atom stereocenters. The number of aromatic nitrogens is 1. The van der Waals surface area contributed by atoms with Crippen LogP contribution in [-0.2, 0) is 12.0 Å². The molecule has 1 aromatic carbocycles. The first-order valence-electron chi connectivity index (χ1n) is 9.41. The Morgan fingerprint density at radius 2 is 2.04 bits per heavy atom. The number of carbonyl (C=O) groups is 1. The normalized spacial score (nSPS) is 21.4. The number of carbonyl (C=O) groups excluding carboxylic acids is 1. The molecule has 5 rings (SSSR count). The molecule has 2 aromatic heterocycles. The predicted octanol–water partition coefficient (Wildman–Crippen LogP) is 4.09. The van der Waals surface area contributed by atoms with Gasteiger partial charge >= 0.3 is 0 Å². The summed E-state index contributed by atoms with van der Waals surface area (Å²) >= 11 is 1.54. The topological polar surface area (TPSA) is 36.4 Å². The van der Waals surface area contributed by atoms with Crippen molar-refractivity contribution < 1.29 is 9.18 Å². The van der Waals surface area contributed by atoms with Gasteiger partial charge in [0, 0.05) is 36.6 Å². The van der Waals surface area contributed by atoms with Crippen molar-refractivity contribution >= 4 is 22.9 Å². The summed E-state index contributed by atoms with van der Waals surface area (Å²) in [7, 11) is 0. The summed E-state index contributed by atoms with van der Waals surface area (Å²) in [4.78, 5) is 22.0. The molecule has 4 nitrogen and oxygen atoms in total. The van der Waals surface area contributed by atoms with E-state index in [9.17, 15) is 9.18 Å². The molecule has 1 atom stereocenters. The zero-order valence-corrected chi connectivity index (χ0v) is 16.2. The second-order valence-electron chi connectivity index (χ2n) is 7.64. The smallest absolute Gasteiger partial charge is 0.259 e. The van der Waals surface area contributed by atoms with E-state index in [2.05, 4.69) is 4.90 Å². The Hall–Kier alpha value is -2.57. The van der Waals surface area contributed by atoms with E-state index in [0.29, 0.717) is 6.54 Å². The summed E-state index contributed by atoms with van der Waals surface area (Å²) in [5.74, 6) is -0.164. The molecule has 0 aliphatic carbocycles. The zero-order chi connectivity index (χ0) is 19.1. The number of fused-ring (bicyclic) bond motifs is 2. The standard InChI is InChI=1S/C22H20FN3OS/c23-18-5-3-16(4-6-18)12-25-10-8-22(14-25)15-26(19-2-1-9-24-20(19)22)21(27)17-7-11-28-13-17/h1-7,9,11,13H,8,10,12,14-15H2/t22-/m0/s1. The van der Waals surface area contributed by atoms with Crippen molar-refractivity contribution in [2.45, 2.75) is 18.4 Å². The fraction of sp³-hybridized carbons (Fsp3) is 0.273. The number of hydrogen-bond donors (Lipinski definition) is 0. The van der Waals surface area contributed by atoms with E-state index in [1.807, 2.05) is 52.2 Å². The number of amides is 1. The lowest BCUT2D eigenvalue weighted by Crippen LogP contribution is -2.39. The maximum atomic E-state index is 13.2. The van der Waals surface area contributed by atoms with Crippen LogP contribution >= 0.6 is 11.3 Å². The number of halogens is 1. The number of nitrogens with zero attached hydrogens (tertiary/aromatic N) is 3. The molecule has 6 heteroatoms. The van der Waals surface area contributed by atoms with E-state index >= 15 is 0 Å². The first kappa shape index (κ1) is 17.5. The van der Waals surface area contributed by atoms with Gasteiger partial charge in [-0.15, -0.1) is 0 Å². The SMILES string of the molecule is O=C(c1ccsc1)N1C[C@@]2(CCN(Cc3ccc(F)cc3)C2)c2ncccc21. The van der Waals surface area contributed by atoms with Gasteiger partial charge in [-0.2, -0.15) is 11.3 Å². The van der Waals surface area contributed by atoms with Crippen LogP contribution in [0, 0.1) is 5.82 Å². The molecule has 0 N–H and O–H groups in total. The third-order valence-corrected chi connectivity index (χ3v) is 6.49. The second kappa shape index (κ2) is 6.79. The van der Waals surface area contributed by atoms with Gasteiger partial charge in [0.05, 0.1) is 16.9 Å². The minimum absolute atomic E-state index is 0.0457. The summed E-state index contributed by atoms with van der Waals surface area (Å²) in [6.45, 7) is 3.23. The number of pyridine rings is 1. The quantitative estimate of drug-likeness (QED) is 0.673. The Balaban J connectivity index is 1.41. The zero-order valence-electron chi connectivity index (χ0n) is 15.3. The highest BCUT2D eigenvalue weighted by atomic mass is 32.1. The molecule has 1 spiro atoms. The maximum Gasteiger partial charge on any atom is 0.259 e. The van der Waals surface area contributed by atoms with E-state index in [-0.39, 0.29) is 17.1 Å². The number of thiophene rings is 1. The van der Waals surface area contributed by atoms with Gasteiger partial charge in [-0.1, -0.05) is 12.1 Å². The van der Waals surface area contributed by atoms with Crippen molar-refractivity contribution in [2.24, 2.45) is 0 Å². The molecule has 1 saturated heterocycles. The molecular formula is C22H20FN3OS. The molecule has 0 radical (unpaired) electrons. The highest BCUT2D eigenvalue weighted by Gasteiger charge is 2.49. The van der Waals surface area contributed by atoms with Gasteiger partial charge in [0.25, 0.3) is 5.91 Å². The Labute approximate surface area is 167 Å². The molecule has 0 bridgehead atoms. The Morgan fingerprint density at radius 3 is 2.82 bits per heavy atom. The Morgan fingerprint density at radius 1 is 1.18 bits per heavy atom. The molecule has 142 valence electrons. The van der Waals surface area contributed by atoms with Crippen LogP contribution in [0.3, 0.4) is 0 Å². The fourth-order valence-electron chi connectivity index (χ4n) is 4.47.